The number of aromatic nitrogens is 2. The number of nitrogens with zero attached hydrogens (tertiary/aromatic N) is 2. The highest BCUT2D eigenvalue weighted by Gasteiger charge is 2.21. The summed E-state index contributed by atoms with van der Waals surface area (Å²) in [4.78, 5) is 27.6. The molecule has 0 bridgehead atoms. The summed E-state index contributed by atoms with van der Waals surface area (Å²) in [6.07, 6.45) is 3.87. The van der Waals surface area contributed by atoms with Gasteiger partial charge in [-0.05, 0) is 12.5 Å². The van der Waals surface area contributed by atoms with Gasteiger partial charge in [0, 0.05) is 19.2 Å². The Kier molecular flexibility index (Phi) is 10.6. The Morgan fingerprint density at radius 1 is 1.27 bits per heavy atom. The fourth-order valence-electron chi connectivity index (χ4n) is 2.27. The summed E-state index contributed by atoms with van der Waals surface area (Å²) in [5.41, 5.74) is 7.77. The van der Waals surface area contributed by atoms with E-state index in [0.29, 0.717) is 13.0 Å². The van der Waals surface area contributed by atoms with Gasteiger partial charge in [0.2, 0.25) is 5.91 Å². The summed E-state index contributed by atoms with van der Waals surface area (Å²) < 4.78 is 6.50. The molecule has 0 fully saturated rings. The maximum atomic E-state index is 12.0. The summed E-state index contributed by atoms with van der Waals surface area (Å²) in [5, 5.41) is 2.52. The van der Waals surface area contributed by atoms with Crippen molar-refractivity contribution in [2.24, 2.45) is 5.73 Å². The van der Waals surface area contributed by atoms with E-state index in [1.165, 1.54) is 7.11 Å². The largest absolute Gasteiger partial charge is 0.467 e. The molecule has 1 aromatic heterocycles. The molecule has 0 aliphatic heterocycles. The molecule has 0 saturated carbocycles. The third-order valence-corrected chi connectivity index (χ3v) is 3.57. The Hall–Kier alpha value is -2.09. The number of amides is 1. The van der Waals surface area contributed by atoms with Gasteiger partial charge in [-0.15, -0.1) is 24.8 Å². The van der Waals surface area contributed by atoms with Crippen LogP contribution in [0, 0.1) is 0 Å². The summed E-state index contributed by atoms with van der Waals surface area (Å²) in [6.45, 7) is 2.25. The first kappa shape index (κ1) is 23.9. The predicted octanol–water partition coefficient (Wildman–Crippen LogP) is 1.32. The molecule has 0 aliphatic rings. The number of hydrogen-bond donors (Lipinski definition) is 2. The highest BCUT2D eigenvalue weighted by Crippen LogP contribution is 2.05. The van der Waals surface area contributed by atoms with E-state index < -0.39 is 24.0 Å². The number of benzene rings is 1. The molecule has 1 heterocycles. The third kappa shape index (κ3) is 7.03. The normalized spacial score (nSPS) is 12.1. The van der Waals surface area contributed by atoms with Gasteiger partial charge in [-0.3, -0.25) is 4.79 Å². The Morgan fingerprint density at radius 3 is 2.54 bits per heavy atom. The highest BCUT2D eigenvalue weighted by atomic mass is 35.5. The minimum absolute atomic E-state index is 0. The highest BCUT2D eigenvalue weighted by molar-refractivity contribution is 5.87. The summed E-state index contributed by atoms with van der Waals surface area (Å²) >= 11 is 0. The Bertz CT molecular complexity index is 694. The topological polar surface area (TPSA) is 99.2 Å². The molecule has 2 atom stereocenters. The lowest BCUT2D eigenvalue weighted by molar-refractivity contribution is -0.144. The molecular weight excluding hydrogens is 379 g/mol. The molecule has 0 saturated heterocycles. The van der Waals surface area contributed by atoms with E-state index in [4.69, 9.17) is 5.73 Å². The van der Waals surface area contributed by atoms with Crippen LogP contribution in [0.15, 0.2) is 42.9 Å². The van der Waals surface area contributed by atoms with Crippen molar-refractivity contribution in [3.8, 4) is 0 Å². The van der Waals surface area contributed by atoms with Crippen LogP contribution in [0.2, 0.25) is 0 Å². The van der Waals surface area contributed by atoms with Crippen LogP contribution in [-0.4, -0.2) is 40.6 Å². The SMILES string of the molecule is COC(=O)[C@@H](C)NC(=O)[C@@H](N)Cc1cn(Cc2ccccc2)cn1.Cl.Cl. The standard InChI is InChI=1S/C17H22N4O3.2ClH/c1-12(17(23)24-2)20-16(22)15(18)8-14-10-21(11-19-14)9-13-6-4-3-5-7-13;;/h3-7,10-12,15H,8-9,18H2,1-2H3,(H,20,22);2*1H/t12-,15+;;/m1../s1. The number of esters is 1. The van der Waals surface area contributed by atoms with Crippen LogP contribution in [0.3, 0.4) is 0 Å². The van der Waals surface area contributed by atoms with Gasteiger partial charge in [-0.1, -0.05) is 30.3 Å². The summed E-state index contributed by atoms with van der Waals surface area (Å²) in [7, 11) is 1.27. The number of rotatable bonds is 7. The number of halogens is 2. The van der Waals surface area contributed by atoms with Crippen molar-refractivity contribution in [2.75, 3.05) is 7.11 Å². The average molecular weight is 403 g/mol. The molecule has 0 aliphatic carbocycles. The lowest BCUT2D eigenvalue weighted by Crippen LogP contribution is -2.48. The van der Waals surface area contributed by atoms with Crippen molar-refractivity contribution >= 4 is 36.7 Å². The Labute approximate surface area is 165 Å². The predicted molar refractivity (Wildman–Crippen MR) is 104 cm³/mol. The van der Waals surface area contributed by atoms with E-state index in [9.17, 15) is 9.59 Å². The molecule has 7 nitrogen and oxygen atoms in total. The Morgan fingerprint density at radius 2 is 1.92 bits per heavy atom. The van der Waals surface area contributed by atoms with Crippen molar-refractivity contribution in [3.63, 3.8) is 0 Å². The van der Waals surface area contributed by atoms with Gasteiger partial charge in [0.05, 0.1) is 25.2 Å². The number of carbonyl (C=O) groups excluding carboxylic acids is 2. The first-order valence-electron chi connectivity index (χ1n) is 7.68. The monoisotopic (exact) mass is 402 g/mol. The van der Waals surface area contributed by atoms with Crippen molar-refractivity contribution in [1.82, 2.24) is 14.9 Å². The zero-order chi connectivity index (χ0) is 17.5. The molecule has 144 valence electrons. The van der Waals surface area contributed by atoms with Gasteiger partial charge < -0.3 is 20.4 Å². The third-order valence-electron chi connectivity index (χ3n) is 3.57. The van der Waals surface area contributed by atoms with Crippen molar-refractivity contribution in [3.05, 3.63) is 54.1 Å². The van der Waals surface area contributed by atoms with Crippen molar-refractivity contribution < 1.29 is 14.3 Å². The van der Waals surface area contributed by atoms with Crippen LogP contribution in [0.1, 0.15) is 18.2 Å². The van der Waals surface area contributed by atoms with Crippen molar-refractivity contribution in [2.45, 2.75) is 32.0 Å². The fraction of sp³-hybridized carbons (Fsp3) is 0.353. The second-order valence-electron chi connectivity index (χ2n) is 5.59. The molecule has 2 aromatic rings. The summed E-state index contributed by atoms with van der Waals surface area (Å²) in [5.74, 6) is -0.923. The number of imidazole rings is 1. The van der Waals surface area contributed by atoms with Gasteiger partial charge in [-0.2, -0.15) is 0 Å². The molecular formula is C17H24Cl2N4O3. The quantitative estimate of drug-likeness (QED) is 0.680. The van der Waals surface area contributed by atoms with Crippen LogP contribution in [0.25, 0.3) is 0 Å². The maximum absolute atomic E-state index is 12.0. The van der Waals surface area contributed by atoms with E-state index in [-0.39, 0.29) is 24.8 Å². The van der Waals surface area contributed by atoms with Crippen molar-refractivity contribution in [1.29, 1.82) is 0 Å². The van der Waals surface area contributed by atoms with E-state index in [2.05, 4.69) is 15.0 Å². The van der Waals surface area contributed by atoms with E-state index in [1.54, 1.807) is 13.3 Å². The minimum atomic E-state index is -0.780. The van der Waals surface area contributed by atoms with E-state index >= 15 is 0 Å². The number of carbonyl (C=O) groups is 2. The molecule has 9 heteroatoms. The van der Waals surface area contributed by atoms with E-state index in [0.717, 1.165) is 11.3 Å². The zero-order valence-electron chi connectivity index (χ0n) is 14.6. The first-order chi connectivity index (χ1) is 11.5. The lowest BCUT2D eigenvalue weighted by Gasteiger charge is -2.15. The molecule has 0 radical (unpaired) electrons. The molecule has 1 aromatic carbocycles. The van der Waals surface area contributed by atoms with Crippen LogP contribution < -0.4 is 11.1 Å². The molecule has 2 rings (SSSR count). The number of ether oxygens (including phenoxy) is 1. The van der Waals surface area contributed by atoms with Gasteiger partial charge >= 0.3 is 5.97 Å². The number of nitrogens with one attached hydrogen (secondary N) is 1. The van der Waals surface area contributed by atoms with Crippen LogP contribution in [0.5, 0.6) is 0 Å². The fourth-order valence-corrected chi connectivity index (χ4v) is 2.27. The molecule has 26 heavy (non-hydrogen) atoms. The molecule has 3 N–H and O–H groups in total. The number of nitrogens with two attached hydrogens (primary N) is 1. The van der Waals surface area contributed by atoms with Crippen LogP contribution in [0.4, 0.5) is 0 Å². The van der Waals surface area contributed by atoms with Crippen LogP contribution in [-0.2, 0) is 27.3 Å². The smallest absolute Gasteiger partial charge is 0.328 e. The second-order valence-corrected chi connectivity index (χ2v) is 5.59. The van der Waals surface area contributed by atoms with Gasteiger partial charge in [0.1, 0.15) is 6.04 Å². The van der Waals surface area contributed by atoms with Gasteiger partial charge in [0.25, 0.3) is 0 Å². The number of hydrogen-bond acceptors (Lipinski definition) is 5. The molecule has 0 spiro atoms. The molecule has 0 unspecified atom stereocenters. The lowest BCUT2D eigenvalue weighted by atomic mass is 10.1. The van der Waals surface area contributed by atoms with Gasteiger partial charge in [0.15, 0.2) is 0 Å². The minimum Gasteiger partial charge on any atom is -0.467 e. The summed E-state index contributed by atoms with van der Waals surface area (Å²) in [6, 6.07) is 8.49. The average Bonchev–Trinajstić information content (AvgIpc) is 3.01. The van der Waals surface area contributed by atoms with Crippen LogP contribution >= 0.6 is 24.8 Å². The zero-order valence-corrected chi connectivity index (χ0v) is 16.3. The maximum Gasteiger partial charge on any atom is 0.328 e. The van der Waals surface area contributed by atoms with E-state index in [1.807, 2.05) is 41.1 Å². The second kappa shape index (κ2) is 11.5. The Balaban J connectivity index is 0.00000312. The first-order valence-corrected chi connectivity index (χ1v) is 7.68. The number of methoxy groups -OCH3 is 1. The molecule has 1 amide bonds. The van der Waals surface area contributed by atoms with Gasteiger partial charge in [-0.25, -0.2) is 9.78 Å².